The summed E-state index contributed by atoms with van der Waals surface area (Å²) in [7, 11) is 0. The Kier molecular flexibility index (Phi) is 20.4. The minimum atomic E-state index is -1.02. The predicted octanol–water partition coefficient (Wildman–Crippen LogP) is 0.568. The Balaban J connectivity index is 2.76. The molecular formula is C27H30I6N6O11. The minimum absolute atomic E-state index is 0.00684. The number of aliphatic hydroxyl groups is 6. The lowest BCUT2D eigenvalue weighted by molar-refractivity contribution is 0.0871. The Bertz CT molecular complexity index is 1510. The quantitative estimate of drug-likeness (QED) is 0.103. The molecule has 0 unspecified atom stereocenters. The molecule has 2 rings (SSSR count). The molecule has 0 saturated heterocycles. The van der Waals surface area contributed by atoms with Gasteiger partial charge in [0.1, 0.15) is 0 Å². The van der Waals surface area contributed by atoms with E-state index in [2.05, 4.69) is 31.9 Å². The molecule has 276 valence electrons. The van der Waals surface area contributed by atoms with Gasteiger partial charge in [-0.05, 0) is 136 Å². The molecule has 0 fully saturated rings. The van der Waals surface area contributed by atoms with Gasteiger partial charge in [-0.25, -0.2) is 4.79 Å². The summed E-state index contributed by atoms with van der Waals surface area (Å²) in [5, 5.41) is 71.9. The van der Waals surface area contributed by atoms with Crippen molar-refractivity contribution in [2.75, 3.05) is 63.4 Å². The Labute approximate surface area is 366 Å². The number of aliphatic hydroxyl groups excluding tert-OH is 6. The highest BCUT2D eigenvalue weighted by atomic mass is 127. The number of rotatable bonds is 16. The van der Waals surface area contributed by atoms with E-state index in [1.807, 2.05) is 90.4 Å². The van der Waals surface area contributed by atoms with E-state index in [0.29, 0.717) is 0 Å². The Morgan fingerprint density at radius 2 is 0.740 bits per heavy atom. The number of amides is 6. The van der Waals surface area contributed by atoms with Crippen LogP contribution in [-0.4, -0.2) is 125 Å². The Morgan fingerprint density at radius 1 is 0.460 bits per heavy atom. The van der Waals surface area contributed by atoms with Gasteiger partial charge in [0, 0.05) is 20.2 Å². The number of urea groups is 1. The topological polar surface area (TPSA) is 279 Å². The minimum Gasteiger partial charge on any atom is -0.395 e. The number of carbonyl (C=O) groups excluding carboxylic acids is 5. The first kappa shape index (κ1) is 45.9. The zero-order valence-electron chi connectivity index (χ0n) is 25.3. The Morgan fingerprint density at radius 3 is 1.00 bits per heavy atom. The molecule has 0 radical (unpaired) electrons. The molecule has 0 spiro atoms. The first-order chi connectivity index (χ1) is 23.6. The van der Waals surface area contributed by atoms with E-state index < -0.39 is 68.2 Å². The van der Waals surface area contributed by atoms with Gasteiger partial charge in [-0.2, -0.15) is 0 Å². The fourth-order valence-electron chi connectivity index (χ4n) is 3.93. The molecule has 50 heavy (non-hydrogen) atoms. The van der Waals surface area contributed by atoms with Gasteiger partial charge in [0.05, 0.1) is 99.6 Å². The third kappa shape index (κ3) is 11.4. The Hall–Kier alpha value is -0.270. The molecule has 12 N–H and O–H groups in total. The van der Waals surface area contributed by atoms with Crippen molar-refractivity contribution >= 4 is 177 Å². The van der Waals surface area contributed by atoms with Crippen molar-refractivity contribution in [2.45, 2.75) is 12.1 Å². The van der Waals surface area contributed by atoms with Crippen LogP contribution in [0.15, 0.2) is 0 Å². The van der Waals surface area contributed by atoms with Crippen LogP contribution in [0.4, 0.5) is 16.2 Å². The standard InChI is InChI=1S/C27H30I6N6O11/c28-15-11(23(46)34-1-3-40)17(30)21(19(32)13(15)25(48)36-9(5-42)6-43)38-27(50)39-22-18(31)12(24(47)35-2-4-41)16(29)14(20(22)33)26(49)37-10(7-44)8-45/h9-10,40-45H,1-8H2,(H,34,46)(H,35,47)(H,36,48)(H,37,49)(H2,38,39,50). The molecule has 2 aromatic carbocycles. The highest BCUT2D eigenvalue weighted by molar-refractivity contribution is 14.1. The highest BCUT2D eigenvalue weighted by Crippen LogP contribution is 2.38. The van der Waals surface area contributed by atoms with Crippen molar-refractivity contribution in [2.24, 2.45) is 0 Å². The summed E-state index contributed by atoms with van der Waals surface area (Å²) in [6, 6.07) is -2.96. The normalized spacial score (nSPS) is 11.0. The molecule has 0 bridgehead atoms. The van der Waals surface area contributed by atoms with Gasteiger partial charge in [0.2, 0.25) is 0 Å². The lowest BCUT2D eigenvalue weighted by Crippen LogP contribution is -2.41. The van der Waals surface area contributed by atoms with E-state index in [4.69, 9.17) is 0 Å². The molecule has 0 aromatic heterocycles. The van der Waals surface area contributed by atoms with Crippen LogP contribution in [0.25, 0.3) is 0 Å². The van der Waals surface area contributed by atoms with Crippen molar-refractivity contribution in [3.63, 3.8) is 0 Å². The van der Waals surface area contributed by atoms with Crippen LogP contribution in [0.2, 0.25) is 0 Å². The maximum atomic E-state index is 13.7. The average Bonchev–Trinajstić information content (AvgIpc) is 3.07. The van der Waals surface area contributed by atoms with Crippen LogP contribution < -0.4 is 31.9 Å². The fourth-order valence-corrected chi connectivity index (χ4v) is 12.8. The highest BCUT2D eigenvalue weighted by Gasteiger charge is 2.32. The summed E-state index contributed by atoms with van der Waals surface area (Å²) in [6.45, 7) is -3.26. The monoisotopic (exact) mass is 1380 g/mol. The number of carbonyl (C=O) groups is 5. The molecule has 23 heteroatoms. The fraction of sp³-hybridized carbons (Fsp3) is 0.370. The van der Waals surface area contributed by atoms with Gasteiger partial charge in [-0.3, -0.25) is 19.2 Å². The number of hydrogen-bond donors (Lipinski definition) is 12. The molecule has 6 amide bonds. The zero-order chi connectivity index (χ0) is 37.9. The third-order valence-corrected chi connectivity index (χ3v) is 12.8. The van der Waals surface area contributed by atoms with Gasteiger partial charge in [-0.15, -0.1) is 0 Å². The van der Waals surface area contributed by atoms with E-state index in [9.17, 15) is 54.6 Å². The summed E-state index contributed by atoms with van der Waals surface area (Å²) >= 11 is 10.9. The number of hydrogen-bond acceptors (Lipinski definition) is 11. The van der Waals surface area contributed by atoms with Crippen molar-refractivity contribution in [1.82, 2.24) is 21.3 Å². The molecule has 0 aliphatic heterocycles. The lowest BCUT2D eigenvalue weighted by atomic mass is 10.1. The predicted molar refractivity (Wildman–Crippen MR) is 232 cm³/mol. The van der Waals surface area contributed by atoms with Gasteiger partial charge in [-0.1, -0.05) is 0 Å². The second-order valence-corrected chi connectivity index (χ2v) is 16.2. The third-order valence-electron chi connectivity index (χ3n) is 6.37. The first-order valence-corrected chi connectivity index (χ1v) is 20.4. The van der Waals surface area contributed by atoms with Crippen LogP contribution in [0.5, 0.6) is 0 Å². The molecule has 17 nitrogen and oxygen atoms in total. The maximum absolute atomic E-state index is 13.7. The summed E-state index contributed by atoms with van der Waals surface area (Å²) in [6.07, 6.45) is 0. The van der Waals surface area contributed by atoms with E-state index in [1.165, 1.54) is 0 Å². The number of anilines is 2. The van der Waals surface area contributed by atoms with Gasteiger partial charge in [0.15, 0.2) is 0 Å². The van der Waals surface area contributed by atoms with Crippen molar-refractivity contribution < 1.29 is 54.6 Å². The van der Waals surface area contributed by atoms with Crippen LogP contribution in [0, 0.1) is 21.4 Å². The van der Waals surface area contributed by atoms with Crippen molar-refractivity contribution in [3.05, 3.63) is 43.7 Å². The van der Waals surface area contributed by atoms with Crippen LogP contribution in [-0.2, 0) is 0 Å². The van der Waals surface area contributed by atoms with Crippen LogP contribution in [0.3, 0.4) is 0 Å². The number of benzene rings is 2. The van der Waals surface area contributed by atoms with Gasteiger partial charge >= 0.3 is 6.03 Å². The second kappa shape index (κ2) is 22.2. The molecule has 2 aromatic rings. The molecule has 0 atom stereocenters. The van der Waals surface area contributed by atoms with E-state index in [0.717, 1.165) is 0 Å². The van der Waals surface area contributed by atoms with Crippen LogP contribution in [0.1, 0.15) is 41.4 Å². The molecule has 0 saturated carbocycles. The van der Waals surface area contributed by atoms with Gasteiger partial charge in [0.25, 0.3) is 23.6 Å². The first-order valence-electron chi connectivity index (χ1n) is 14.0. The van der Waals surface area contributed by atoms with Crippen molar-refractivity contribution in [1.29, 1.82) is 0 Å². The average molecular weight is 1380 g/mol. The SMILES string of the molecule is O=C(Nc1c(I)c(C(=O)NCCO)c(I)c(C(=O)NC(CO)CO)c1I)Nc1c(I)c(C(=O)NCCO)c(I)c(C(=O)NC(CO)CO)c1I. The smallest absolute Gasteiger partial charge is 0.323 e. The summed E-state index contributed by atoms with van der Waals surface area (Å²) in [4.78, 5) is 66.9. The van der Waals surface area contributed by atoms with E-state index >= 15 is 0 Å². The molecular weight excluding hydrogens is 1350 g/mol. The van der Waals surface area contributed by atoms with Crippen LogP contribution >= 0.6 is 136 Å². The largest absolute Gasteiger partial charge is 0.395 e. The maximum Gasteiger partial charge on any atom is 0.323 e. The lowest BCUT2D eigenvalue weighted by Gasteiger charge is -2.22. The molecule has 0 aliphatic carbocycles. The summed E-state index contributed by atoms with van der Waals surface area (Å²) in [5.41, 5.74) is -0.0663. The molecule has 0 heterocycles. The molecule has 0 aliphatic rings. The summed E-state index contributed by atoms with van der Waals surface area (Å²) in [5.74, 6) is -2.85. The van der Waals surface area contributed by atoms with Gasteiger partial charge < -0.3 is 62.5 Å². The summed E-state index contributed by atoms with van der Waals surface area (Å²) < 4.78 is 1.18. The number of nitrogens with one attached hydrogen (secondary N) is 6. The van der Waals surface area contributed by atoms with E-state index in [1.54, 1.807) is 45.2 Å². The second-order valence-electron chi connectivity index (χ2n) is 9.74. The number of halogens is 6. The van der Waals surface area contributed by atoms with Crippen molar-refractivity contribution in [3.8, 4) is 0 Å². The zero-order valence-corrected chi connectivity index (χ0v) is 38.2. The van der Waals surface area contributed by atoms with E-state index in [-0.39, 0.29) is 81.4 Å².